The molecular formula is C14H12Cl2N2O2. The highest BCUT2D eigenvalue weighted by Gasteiger charge is 2.09. The van der Waals surface area contributed by atoms with Gasteiger partial charge in [0, 0.05) is 11.3 Å². The van der Waals surface area contributed by atoms with E-state index in [0.717, 1.165) is 0 Å². The van der Waals surface area contributed by atoms with E-state index >= 15 is 0 Å². The second-order valence-electron chi connectivity index (χ2n) is 4.04. The number of hydrogen-bond acceptors (Lipinski definition) is 3. The predicted octanol–water partition coefficient (Wildman–Crippen LogP) is 3.84. The van der Waals surface area contributed by atoms with E-state index in [1.165, 1.54) is 13.2 Å². The Labute approximate surface area is 126 Å². The molecule has 0 aliphatic carbocycles. The van der Waals surface area contributed by atoms with Gasteiger partial charge >= 0.3 is 0 Å². The molecule has 2 aromatic carbocycles. The molecule has 0 saturated carbocycles. The van der Waals surface area contributed by atoms with Crippen molar-refractivity contribution in [1.29, 1.82) is 0 Å². The fraction of sp³-hybridized carbons (Fsp3) is 0.0714. The quantitative estimate of drug-likeness (QED) is 0.847. The van der Waals surface area contributed by atoms with Gasteiger partial charge in [0.05, 0.1) is 22.8 Å². The summed E-state index contributed by atoms with van der Waals surface area (Å²) in [7, 11) is 1.52. The lowest BCUT2D eigenvalue weighted by Crippen LogP contribution is -2.12. The van der Waals surface area contributed by atoms with Crippen LogP contribution in [0.5, 0.6) is 5.75 Å². The topological polar surface area (TPSA) is 64.3 Å². The fourth-order valence-electron chi connectivity index (χ4n) is 1.63. The molecule has 0 atom stereocenters. The number of halogens is 2. The summed E-state index contributed by atoms with van der Waals surface area (Å²) < 4.78 is 5.04. The van der Waals surface area contributed by atoms with Crippen LogP contribution in [-0.4, -0.2) is 13.0 Å². The third-order valence-corrected chi connectivity index (χ3v) is 3.31. The highest BCUT2D eigenvalue weighted by Crippen LogP contribution is 2.27. The first-order valence-corrected chi connectivity index (χ1v) is 6.47. The molecule has 0 bridgehead atoms. The molecule has 0 aliphatic heterocycles. The molecule has 0 unspecified atom stereocenters. The molecule has 0 saturated heterocycles. The summed E-state index contributed by atoms with van der Waals surface area (Å²) in [5.41, 5.74) is 7.00. The van der Waals surface area contributed by atoms with Crippen LogP contribution in [0.25, 0.3) is 0 Å². The van der Waals surface area contributed by atoms with E-state index in [0.29, 0.717) is 32.7 Å². The molecule has 0 aliphatic rings. The maximum atomic E-state index is 12.1. The summed E-state index contributed by atoms with van der Waals surface area (Å²) in [6.45, 7) is 0. The lowest BCUT2D eigenvalue weighted by atomic mass is 10.2. The maximum Gasteiger partial charge on any atom is 0.255 e. The number of rotatable bonds is 3. The number of anilines is 2. The number of nitrogens with two attached hydrogens (primary N) is 1. The van der Waals surface area contributed by atoms with Crippen LogP contribution in [0.3, 0.4) is 0 Å². The van der Waals surface area contributed by atoms with Gasteiger partial charge in [0.25, 0.3) is 5.91 Å². The molecule has 20 heavy (non-hydrogen) atoms. The van der Waals surface area contributed by atoms with Crippen LogP contribution < -0.4 is 15.8 Å². The predicted molar refractivity (Wildman–Crippen MR) is 81.8 cm³/mol. The second-order valence-corrected chi connectivity index (χ2v) is 4.85. The van der Waals surface area contributed by atoms with Crippen molar-refractivity contribution < 1.29 is 9.53 Å². The van der Waals surface area contributed by atoms with E-state index in [-0.39, 0.29) is 5.91 Å². The Morgan fingerprint density at radius 1 is 1.15 bits per heavy atom. The summed E-state index contributed by atoms with van der Waals surface area (Å²) in [5, 5.41) is 3.55. The molecule has 2 aromatic rings. The molecule has 6 heteroatoms. The number of benzene rings is 2. The van der Waals surface area contributed by atoms with E-state index < -0.39 is 0 Å². The Kier molecular flexibility index (Phi) is 4.37. The Morgan fingerprint density at radius 3 is 2.50 bits per heavy atom. The van der Waals surface area contributed by atoms with Crippen LogP contribution in [-0.2, 0) is 0 Å². The van der Waals surface area contributed by atoms with Crippen LogP contribution in [0.15, 0.2) is 36.4 Å². The first-order chi connectivity index (χ1) is 9.51. The maximum absolute atomic E-state index is 12.1. The largest absolute Gasteiger partial charge is 0.495 e. The Hall–Kier alpha value is -1.91. The van der Waals surface area contributed by atoms with Gasteiger partial charge in [-0.05, 0) is 36.4 Å². The molecule has 1 amide bonds. The van der Waals surface area contributed by atoms with Crippen molar-refractivity contribution in [3.05, 3.63) is 52.0 Å². The van der Waals surface area contributed by atoms with Crippen molar-refractivity contribution in [1.82, 2.24) is 0 Å². The van der Waals surface area contributed by atoms with Crippen molar-refractivity contribution in [3.8, 4) is 5.75 Å². The fourth-order valence-corrected chi connectivity index (χ4v) is 2.01. The summed E-state index contributed by atoms with van der Waals surface area (Å²) in [4.78, 5) is 12.1. The third kappa shape index (κ3) is 3.15. The normalized spacial score (nSPS) is 10.2. The molecule has 0 radical (unpaired) electrons. The van der Waals surface area contributed by atoms with Gasteiger partial charge in [-0.1, -0.05) is 23.2 Å². The summed E-state index contributed by atoms with van der Waals surface area (Å²) in [6, 6.07) is 9.67. The molecule has 4 nitrogen and oxygen atoms in total. The van der Waals surface area contributed by atoms with Crippen LogP contribution in [0, 0.1) is 0 Å². The van der Waals surface area contributed by atoms with Gasteiger partial charge in [-0.25, -0.2) is 0 Å². The van der Waals surface area contributed by atoms with Crippen LogP contribution in [0.2, 0.25) is 10.0 Å². The average Bonchev–Trinajstić information content (AvgIpc) is 2.42. The minimum absolute atomic E-state index is 0.297. The van der Waals surface area contributed by atoms with E-state index in [9.17, 15) is 4.79 Å². The standard InChI is InChI=1S/C14H12Cl2N2O2/c1-20-13-5-3-9(7-11(13)16)18-14(19)8-2-4-10(15)12(17)6-8/h2-7H,17H2,1H3,(H,18,19). The molecule has 3 N–H and O–H groups in total. The average molecular weight is 311 g/mol. The van der Waals surface area contributed by atoms with E-state index in [4.69, 9.17) is 33.7 Å². The van der Waals surface area contributed by atoms with Crippen molar-refractivity contribution in [2.24, 2.45) is 0 Å². The van der Waals surface area contributed by atoms with Gasteiger partial charge in [0.15, 0.2) is 0 Å². The van der Waals surface area contributed by atoms with Gasteiger partial charge < -0.3 is 15.8 Å². The van der Waals surface area contributed by atoms with E-state index in [2.05, 4.69) is 5.32 Å². The highest BCUT2D eigenvalue weighted by atomic mass is 35.5. The van der Waals surface area contributed by atoms with Crippen molar-refractivity contribution >= 4 is 40.5 Å². The van der Waals surface area contributed by atoms with Crippen LogP contribution >= 0.6 is 23.2 Å². The minimum atomic E-state index is -0.297. The molecule has 0 fully saturated rings. The number of nitrogen functional groups attached to an aromatic ring is 1. The van der Waals surface area contributed by atoms with Gasteiger partial charge in [-0.3, -0.25) is 4.79 Å². The van der Waals surface area contributed by atoms with Gasteiger partial charge in [0.1, 0.15) is 5.75 Å². The number of methoxy groups -OCH3 is 1. The zero-order valence-electron chi connectivity index (χ0n) is 10.6. The second kappa shape index (κ2) is 6.03. The lowest BCUT2D eigenvalue weighted by molar-refractivity contribution is 0.102. The molecule has 104 valence electrons. The molecule has 0 heterocycles. The summed E-state index contributed by atoms with van der Waals surface area (Å²) in [6.07, 6.45) is 0. The Morgan fingerprint density at radius 2 is 1.90 bits per heavy atom. The Balaban J connectivity index is 2.19. The molecule has 0 aromatic heterocycles. The number of carbonyl (C=O) groups is 1. The monoisotopic (exact) mass is 310 g/mol. The number of amides is 1. The number of nitrogens with one attached hydrogen (secondary N) is 1. The first-order valence-electron chi connectivity index (χ1n) is 5.71. The van der Waals surface area contributed by atoms with Gasteiger partial charge in [-0.2, -0.15) is 0 Å². The lowest BCUT2D eigenvalue weighted by Gasteiger charge is -2.08. The van der Waals surface area contributed by atoms with Gasteiger partial charge in [-0.15, -0.1) is 0 Å². The molecular weight excluding hydrogens is 299 g/mol. The number of carbonyl (C=O) groups excluding carboxylic acids is 1. The van der Waals surface area contributed by atoms with Crippen molar-refractivity contribution in [2.45, 2.75) is 0 Å². The van der Waals surface area contributed by atoms with Crippen LogP contribution in [0.1, 0.15) is 10.4 Å². The van der Waals surface area contributed by atoms with E-state index in [1.54, 1.807) is 30.3 Å². The van der Waals surface area contributed by atoms with Crippen LogP contribution in [0.4, 0.5) is 11.4 Å². The molecule has 0 spiro atoms. The Bertz CT molecular complexity index is 660. The van der Waals surface area contributed by atoms with Crippen molar-refractivity contribution in [2.75, 3.05) is 18.2 Å². The first kappa shape index (κ1) is 14.5. The zero-order chi connectivity index (χ0) is 14.7. The zero-order valence-corrected chi connectivity index (χ0v) is 12.1. The number of ether oxygens (including phenoxy) is 1. The third-order valence-electron chi connectivity index (χ3n) is 2.67. The highest BCUT2D eigenvalue weighted by molar-refractivity contribution is 6.33. The van der Waals surface area contributed by atoms with Crippen molar-refractivity contribution in [3.63, 3.8) is 0 Å². The summed E-state index contributed by atoms with van der Waals surface area (Å²) in [5.74, 6) is 0.245. The van der Waals surface area contributed by atoms with E-state index in [1.807, 2.05) is 0 Å². The summed E-state index contributed by atoms with van der Waals surface area (Å²) >= 11 is 11.8. The minimum Gasteiger partial charge on any atom is -0.495 e. The van der Waals surface area contributed by atoms with Gasteiger partial charge in [0.2, 0.25) is 0 Å². The number of hydrogen-bond donors (Lipinski definition) is 2. The smallest absolute Gasteiger partial charge is 0.255 e. The SMILES string of the molecule is COc1ccc(NC(=O)c2ccc(Cl)c(N)c2)cc1Cl. The molecule has 2 rings (SSSR count).